The number of benzene rings is 2. The number of nitrogens with one attached hydrogen (secondary N) is 1. The highest BCUT2D eigenvalue weighted by Gasteiger charge is 2.57. The van der Waals surface area contributed by atoms with Gasteiger partial charge in [0.25, 0.3) is 5.91 Å². The molecule has 1 saturated heterocycles. The van der Waals surface area contributed by atoms with E-state index in [-0.39, 0.29) is 18.0 Å². The van der Waals surface area contributed by atoms with E-state index < -0.39 is 39.3 Å². The highest BCUT2D eigenvalue weighted by atomic mass is 79.9. The maximum absolute atomic E-state index is 13.3. The average molecular weight is 489 g/mol. The van der Waals surface area contributed by atoms with E-state index in [1.807, 2.05) is 24.3 Å². The fraction of sp³-hybridized carbons (Fsp3) is 0.190. The number of carbonyl (C=O) groups excluding carboxylic acids is 2. The maximum Gasteiger partial charge on any atom is 0.352 e. The van der Waals surface area contributed by atoms with Crippen LogP contribution in [0.4, 0.5) is 0 Å². The summed E-state index contributed by atoms with van der Waals surface area (Å²) in [5, 5.41) is 10.6. The second-order valence-corrected chi connectivity index (χ2v) is 9.53. The molecule has 2 heterocycles. The van der Waals surface area contributed by atoms with Crippen molar-refractivity contribution in [3.05, 3.63) is 82.0 Å². The summed E-state index contributed by atoms with van der Waals surface area (Å²) in [4.78, 5) is 37.8. The Morgan fingerprint density at radius 1 is 1.13 bits per heavy atom. The lowest BCUT2D eigenvalue weighted by Gasteiger charge is -2.49. The third-order valence-corrected chi connectivity index (χ3v) is 7.38. The molecule has 0 aromatic heterocycles. The number of hydrogen-bond donors (Lipinski definition) is 2. The molecule has 2 aromatic carbocycles. The molecule has 0 spiro atoms. The van der Waals surface area contributed by atoms with E-state index in [4.69, 9.17) is 0 Å². The summed E-state index contributed by atoms with van der Waals surface area (Å²) >= 11 is 3.36. The van der Waals surface area contributed by atoms with E-state index in [2.05, 4.69) is 21.2 Å². The van der Waals surface area contributed by atoms with E-state index in [1.54, 1.807) is 30.3 Å². The zero-order valence-electron chi connectivity index (χ0n) is 15.5. The molecule has 0 aliphatic carbocycles. The van der Waals surface area contributed by atoms with Gasteiger partial charge in [-0.05, 0) is 29.3 Å². The van der Waals surface area contributed by atoms with Gasteiger partial charge in [-0.3, -0.25) is 18.7 Å². The molecule has 0 saturated carbocycles. The molecule has 0 radical (unpaired) electrons. The van der Waals surface area contributed by atoms with Crippen LogP contribution in [0.25, 0.3) is 0 Å². The van der Waals surface area contributed by atoms with Crippen molar-refractivity contribution in [2.24, 2.45) is 0 Å². The van der Waals surface area contributed by atoms with E-state index in [0.717, 1.165) is 14.9 Å². The van der Waals surface area contributed by atoms with Gasteiger partial charge in [0.2, 0.25) is 5.91 Å². The van der Waals surface area contributed by atoms with Gasteiger partial charge in [-0.15, -0.1) is 0 Å². The van der Waals surface area contributed by atoms with Crippen molar-refractivity contribution >= 4 is 44.5 Å². The number of hydrogen-bond acceptors (Lipinski definition) is 4. The molecule has 2 aromatic rings. The third-order valence-electron chi connectivity index (χ3n) is 5.02. The molecule has 0 bridgehead atoms. The normalized spacial score (nSPS) is 25.0. The summed E-state index contributed by atoms with van der Waals surface area (Å²) in [6, 6.07) is 15.1. The second kappa shape index (κ2) is 8.16. The first-order valence-electron chi connectivity index (χ1n) is 9.13. The summed E-state index contributed by atoms with van der Waals surface area (Å²) < 4.78 is 14.0. The molecule has 2 aliphatic heterocycles. The zero-order valence-corrected chi connectivity index (χ0v) is 17.9. The van der Waals surface area contributed by atoms with Gasteiger partial charge < -0.3 is 10.4 Å². The molecule has 2 aliphatic rings. The number of carboxylic acids is 1. The smallest absolute Gasteiger partial charge is 0.352 e. The minimum absolute atomic E-state index is 0.0701. The lowest BCUT2D eigenvalue weighted by Crippen LogP contribution is -2.73. The van der Waals surface area contributed by atoms with Gasteiger partial charge in [0.1, 0.15) is 17.1 Å². The number of aliphatic carboxylic acids is 1. The van der Waals surface area contributed by atoms with Crippen LogP contribution in [-0.2, 0) is 31.6 Å². The predicted octanol–water partition coefficient (Wildman–Crippen LogP) is 2.12. The standard InChI is InChI=1S/C21H17BrN2O5S/c22-14-8-4-7-13(10-14)16-11-15(21(27)28)24-19(26)18(20(24)30(16)29)23-17(25)9-12-5-2-1-3-6-12/h1-8,10-11,16,18,20H,9H2,(H,23,25)(H,27,28)/t16?,18?,20-,30?/m1/s1. The van der Waals surface area contributed by atoms with Gasteiger partial charge in [0.15, 0.2) is 0 Å². The SMILES string of the molecule is O=C(Cc1ccccc1)NC1C(=O)N2C(C(=O)O)=CC(c3cccc(Br)c3)S(=O)[C@H]12. The van der Waals surface area contributed by atoms with Crippen molar-refractivity contribution in [3.63, 3.8) is 0 Å². The Morgan fingerprint density at radius 2 is 1.87 bits per heavy atom. The highest BCUT2D eigenvalue weighted by Crippen LogP contribution is 2.40. The quantitative estimate of drug-likeness (QED) is 0.627. The van der Waals surface area contributed by atoms with Gasteiger partial charge in [0, 0.05) is 4.47 Å². The van der Waals surface area contributed by atoms with Crippen molar-refractivity contribution in [2.45, 2.75) is 23.1 Å². The van der Waals surface area contributed by atoms with Crippen molar-refractivity contribution < 1.29 is 23.7 Å². The molecule has 4 atom stereocenters. The zero-order chi connectivity index (χ0) is 21.4. The number of β-lactam (4-membered cyclic amide) rings is 1. The monoisotopic (exact) mass is 488 g/mol. The van der Waals surface area contributed by atoms with E-state index in [1.165, 1.54) is 6.08 Å². The number of carbonyl (C=O) groups is 3. The number of fused-ring (bicyclic) bond motifs is 1. The van der Waals surface area contributed by atoms with E-state index in [9.17, 15) is 23.7 Å². The predicted molar refractivity (Wildman–Crippen MR) is 113 cm³/mol. The van der Waals surface area contributed by atoms with Crippen LogP contribution in [0.2, 0.25) is 0 Å². The van der Waals surface area contributed by atoms with Crippen molar-refractivity contribution in [1.82, 2.24) is 10.2 Å². The largest absolute Gasteiger partial charge is 0.477 e. The Bertz CT molecular complexity index is 1090. The van der Waals surface area contributed by atoms with E-state index in [0.29, 0.717) is 5.56 Å². The molecule has 2 amide bonds. The molecule has 7 nitrogen and oxygen atoms in total. The van der Waals surface area contributed by atoms with Gasteiger partial charge in [-0.25, -0.2) is 4.79 Å². The minimum Gasteiger partial charge on any atom is -0.477 e. The lowest BCUT2D eigenvalue weighted by atomic mass is 10.0. The number of rotatable bonds is 5. The van der Waals surface area contributed by atoms with Crippen LogP contribution in [-0.4, -0.2) is 43.4 Å². The minimum atomic E-state index is -1.65. The van der Waals surface area contributed by atoms with Crippen LogP contribution in [0.5, 0.6) is 0 Å². The first-order chi connectivity index (χ1) is 14.4. The van der Waals surface area contributed by atoms with Crippen LogP contribution in [0.3, 0.4) is 0 Å². The Kier molecular flexibility index (Phi) is 5.57. The van der Waals surface area contributed by atoms with Crippen LogP contribution in [0, 0.1) is 0 Å². The summed E-state index contributed by atoms with van der Waals surface area (Å²) in [5.41, 5.74) is 1.22. The molecule has 30 heavy (non-hydrogen) atoms. The van der Waals surface area contributed by atoms with Crippen LogP contribution in [0.1, 0.15) is 16.4 Å². The Hall–Kier alpha value is -2.78. The van der Waals surface area contributed by atoms with Crippen molar-refractivity contribution in [2.75, 3.05) is 0 Å². The summed E-state index contributed by atoms with van der Waals surface area (Å²) in [7, 11) is -1.65. The van der Waals surface area contributed by atoms with Gasteiger partial charge in [0.05, 0.1) is 22.5 Å². The first kappa shape index (κ1) is 20.5. The first-order valence-corrected chi connectivity index (χ1v) is 11.2. The van der Waals surface area contributed by atoms with E-state index >= 15 is 0 Å². The number of halogens is 1. The molecule has 1 fully saturated rings. The molecular formula is C21H17BrN2O5S. The van der Waals surface area contributed by atoms with Crippen molar-refractivity contribution in [3.8, 4) is 0 Å². The Balaban J connectivity index is 1.60. The molecule has 154 valence electrons. The fourth-order valence-corrected chi connectivity index (χ4v) is 5.90. The fourth-order valence-electron chi connectivity index (χ4n) is 3.63. The number of nitrogens with zero attached hydrogens (tertiary/aromatic N) is 1. The second-order valence-electron chi connectivity index (χ2n) is 6.97. The summed E-state index contributed by atoms with van der Waals surface area (Å²) in [6.07, 6.45) is 1.41. The topological polar surface area (TPSA) is 104 Å². The Labute approximate surface area is 183 Å². The average Bonchev–Trinajstić information content (AvgIpc) is 2.72. The molecule has 2 N–H and O–H groups in total. The van der Waals surface area contributed by atoms with Crippen molar-refractivity contribution in [1.29, 1.82) is 0 Å². The summed E-state index contributed by atoms with van der Waals surface area (Å²) in [5.74, 6) is -2.24. The van der Waals surface area contributed by atoms with Crippen LogP contribution in [0.15, 0.2) is 70.8 Å². The Morgan fingerprint density at radius 3 is 2.53 bits per heavy atom. The number of amides is 2. The van der Waals surface area contributed by atoms with Crippen LogP contribution < -0.4 is 5.32 Å². The number of carboxylic acid groups (broad SMARTS) is 1. The molecule has 4 rings (SSSR count). The highest BCUT2D eigenvalue weighted by molar-refractivity contribution is 9.10. The molecule has 9 heteroatoms. The maximum atomic E-state index is 13.3. The lowest BCUT2D eigenvalue weighted by molar-refractivity contribution is -0.150. The van der Waals surface area contributed by atoms with Gasteiger partial charge in [-0.1, -0.05) is 58.4 Å². The van der Waals surface area contributed by atoms with Gasteiger partial charge in [-0.2, -0.15) is 0 Å². The molecular weight excluding hydrogens is 472 g/mol. The summed E-state index contributed by atoms with van der Waals surface area (Å²) in [6.45, 7) is 0. The van der Waals surface area contributed by atoms with Gasteiger partial charge >= 0.3 is 5.97 Å². The van der Waals surface area contributed by atoms with Crippen LogP contribution >= 0.6 is 15.9 Å². The molecule has 3 unspecified atom stereocenters. The third kappa shape index (κ3) is 3.70.